The molecular formula is C21H21NO. The molecular weight excluding hydrogens is 282 g/mol. The molecule has 116 valence electrons. The maximum absolute atomic E-state index is 5.70. The van der Waals surface area contributed by atoms with Gasteiger partial charge in [-0.05, 0) is 42.5 Å². The quantitative estimate of drug-likeness (QED) is 0.775. The molecule has 2 aliphatic rings. The van der Waals surface area contributed by atoms with Crippen LogP contribution in [0, 0.1) is 19.8 Å². The van der Waals surface area contributed by atoms with E-state index >= 15 is 0 Å². The molecule has 1 aliphatic heterocycles. The molecule has 0 radical (unpaired) electrons. The van der Waals surface area contributed by atoms with Crippen molar-refractivity contribution in [3.63, 3.8) is 0 Å². The van der Waals surface area contributed by atoms with Crippen molar-refractivity contribution < 1.29 is 4.74 Å². The summed E-state index contributed by atoms with van der Waals surface area (Å²) >= 11 is 0. The van der Waals surface area contributed by atoms with Gasteiger partial charge in [0.05, 0.1) is 18.9 Å². The predicted octanol–water partition coefficient (Wildman–Crippen LogP) is 4.88. The van der Waals surface area contributed by atoms with E-state index in [-0.39, 0.29) is 0 Å². The minimum atomic E-state index is 0.508. The monoisotopic (exact) mass is 303 g/mol. The first kappa shape index (κ1) is 14.4. The first-order valence-corrected chi connectivity index (χ1v) is 8.24. The van der Waals surface area contributed by atoms with Gasteiger partial charge in [-0.3, -0.25) is 4.99 Å². The molecule has 4 rings (SSSR count). The van der Waals surface area contributed by atoms with Crippen LogP contribution in [0.25, 0.3) is 5.57 Å². The average Bonchev–Trinajstić information content (AvgIpc) is 3.12. The summed E-state index contributed by atoms with van der Waals surface area (Å²) in [6.45, 7) is 5.86. The summed E-state index contributed by atoms with van der Waals surface area (Å²) in [5, 5.41) is 0. The molecule has 0 saturated carbocycles. The Labute approximate surface area is 137 Å². The highest BCUT2D eigenvalue weighted by Crippen LogP contribution is 2.41. The third kappa shape index (κ3) is 2.53. The number of hydrogen-bond acceptors (Lipinski definition) is 2. The van der Waals surface area contributed by atoms with Gasteiger partial charge in [-0.1, -0.05) is 48.5 Å². The first-order valence-electron chi connectivity index (χ1n) is 8.24. The van der Waals surface area contributed by atoms with Crippen molar-refractivity contribution in [1.82, 2.24) is 0 Å². The van der Waals surface area contributed by atoms with Gasteiger partial charge in [0.2, 0.25) is 0 Å². The van der Waals surface area contributed by atoms with Crippen LogP contribution < -0.4 is 0 Å². The van der Waals surface area contributed by atoms with Crippen molar-refractivity contribution in [2.75, 3.05) is 13.2 Å². The van der Waals surface area contributed by atoms with Crippen LogP contribution in [-0.4, -0.2) is 18.9 Å². The molecule has 1 aliphatic carbocycles. The van der Waals surface area contributed by atoms with Crippen LogP contribution in [0.5, 0.6) is 0 Å². The fourth-order valence-corrected chi connectivity index (χ4v) is 3.68. The van der Waals surface area contributed by atoms with Gasteiger partial charge in [-0.25, -0.2) is 0 Å². The molecule has 2 heteroatoms. The molecule has 0 aromatic heterocycles. The van der Waals surface area contributed by atoms with Crippen LogP contribution in [0.2, 0.25) is 0 Å². The zero-order valence-corrected chi connectivity index (χ0v) is 13.7. The van der Waals surface area contributed by atoms with E-state index in [0.717, 1.165) is 25.3 Å². The van der Waals surface area contributed by atoms with Crippen molar-refractivity contribution in [1.29, 1.82) is 0 Å². The highest BCUT2D eigenvalue weighted by molar-refractivity contribution is 6.28. The Kier molecular flexibility index (Phi) is 3.62. The van der Waals surface area contributed by atoms with Crippen molar-refractivity contribution >= 4 is 17.0 Å². The van der Waals surface area contributed by atoms with Crippen molar-refractivity contribution in [3.05, 3.63) is 70.8 Å². The molecule has 1 heterocycles. The number of aryl methyl sites for hydroxylation is 2. The van der Waals surface area contributed by atoms with Gasteiger partial charge < -0.3 is 4.74 Å². The molecule has 2 nitrogen and oxygen atoms in total. The standard InChI is InChI=1S/C21H21NO/c1-14-7-6-8-15(2)21(14)22-19-11-17-12-23-13-18(17)20(19)16-9-4-3-5-10-16/h3-10,17H,11-13H2,1-2H3. The summed E-state index contributed by atoms with van der Waals surface area (Å²) in [6.07, 6.45) is 0.993. The van der Waals surface area contributed by atoms with Crippen LogP contribution in [0.15, 0.2) is 59.1 Å². The van der Waals surface area contributed by atoms with E-state index in [1.165, 1.54) is 33.5 Å². The van der Waals surface area contributed by atoms with E-state index < -0.39 is 0 Å². The fourth-order valence-electron chi connectivity index (χ4n) is 3.68. The number of rotatable bonds is 2. The minimum Gasteiger partial charge on any atom is -0.376 e. The van der Waals surface area contributed by atoms with E-state index in [1.807, 2.05) is 0 Å². The summed E-state index contributed by atoms with van der Waals surface area (Å²) in [7, 11) is 0. The number of allylic oxidation sites excluding steroid dienone is 1. The van der Waals surface area contributed by atoms with Gasteiger partial charge in [0.1, 0.15) is 0 Å². The molecule has 0 N–H and O–H groups in total. The lowest BCUT2D eigenvalue weighted by molar-refractivity contribution is 0.189. The summed E-state index contributed by atoms with van der Waals surface area (Å²) < 4.78 is 5.70. The Morgan fingerprint density at radius 1 is 0.957 bits per heavy atom. The van der Waals surface area contributed by atoms with Crippen molar-refractivity contribution in [2.45, 2.75) is 20.3 Å². The molecule has 23 heavy (non-hydrogen) atoms. The number of benzene rings is 2. The normalized spacial score (nSPS) is 22.0. The van der Waals surface area contributed by atoms with Gasteiger partial charge in [-0.15, -0.1) is 0 Å². The number of nitrogens with zero attached hydrogens (tertiary/aromatic N) is 1. The van der Waals surface area contributed by atoms with Crippen LogP contribution in [0.3, 0.4) is 0 Å². The maximum Gasteiger partial charge on any atom is 0.0691 e. The van der Waals surface area contributed by atoms with Crippen LogP contribution in [-0.2, 0) is 4.74 Å². The lowest BCUT2D eigenvalue weighted by Gasteiger charge is -2.10. The second-order valence-electron chi connectivity index (χ2n) is 6.48. The van der Waals surface area contributed by atoms with Gasteiger partial charge in [-0.2, -0.15) is 0 Å². The third-order valence-corrected chi connectivity index (χ3v) is 4.87. The largest absolute Gasteiger partial charge is 0.376 e. The molecule has 1 atom stereocenters. The van der Waals surface area contributed by atoms with Crippen molar-refractivity contribution in [2.24, 2.45) is 10.9 Å². The lowest BCUT2D eigenvalue weighted by Crippen LogP contribution is -2.02. The third-order valence-electron chi connectivity index (χ3n) is 4.87. The van der Waals surface area contributed by atoms with Gasteiger partial charge in [0.25, 0.3) is 0 Å². The maximum atomic E-state index is 5.70. The number of fused-ring (bicyclic) bond motifs is 1. The average molecular weight is 303 g/mol. The Morgan fingerprint density at radius 2 is 1.70 bits per heavy atom. The fraction of sp³-hybridized carbons (Fsp3) is 0.286. The molecule has 0 spiro atoms. The molecule has 1 fully saturated rings. The van der Waals surface area contributed by atoms with Crippen LogP contribution in [0.4, 0.5) is 5.69 Å². The summed E-state index contributed by atoms with van der Waals surface area (Å²) in [5.74, 6) is 0.508. The zero-order valence-electron chi connectivity index (χ0n) is 13.7. The Hall–Kier alpha value is -2.19. The summed E-state index contributed by atoms with van der Waals surface area (Å²) in [4.78, 5) is 5.10. The van der Waals surface area contributed by atoms with Gasteiger partial charge >= 0.3 is 0 Å². The number of hydrogen-bond donors (Lipinski definition) is 0. The topological polar surface area (TPSA) is 21.6 Å². The second-order valence-corrected chi connectivity index (χ2v) is 6.48. The molecule has 2 aromatic carbocycles. The van der Waals surface area contributed by atoms with Crippen LogP contribution >= 0.6 is 0 Å². The van der Waals surface area contributed by atoms with Gasteiger partial charge in [0.15, 0.2) is 0 Å². The van der Waals surface area contributed by atoms with E-state index in [4.69, 9.17) is 9.73 Å². The van der Waals surface area contributed by atoms with E-state index in [1.54, 1.807) is 0 Å². The number of para-hydroxylation sites is 1. The molecule has 2 aromatic rings. The lowest BCUT2D eigenvalue weighted by atomic mass is 10.00. The SMILES string of the molecule is Cc1cccc(C)c1N=C1CC2COCC2=C1c1ccccc1. The Balaban J connectivity index is 1.86. The predicted molar refractivity (Wildman–Crippen MR) is 95.3 cm³/mol. The van der Waals surface area contributed by atoms with E-state index in [9.17, 15) is 0 Å². The summed E-state index contributed by atoms with van der Waals surface area (Å²) in [5.41, 5.74) is 8.83. The van der Waals surface area contributed by atoms with E-state index in [2.05, 4.69) is 62.4 Å². The van der Waals surface area contributed by atoms with E-state index in [0.29, 0.717) is 5.92 Å². The molecule has 1 saturated heterocycles. The highest BCUT2D eigenvalue weighted by Gasteiger charge is 2.35. The molecule has 0 bridgehead atoms. The zero-order chi connectivity index (χ0) is 15.8. The van der Waals surface area contributed by atoms with Crippen molar-refractivity contribution in [3.8, 4) is 0 Å². The summed E-state index contributed by atoms with van der Waals surface area (Å²) in [6, 6.07) is 17.0. The minimum absolute atomic E-state index is 0.508. The second kappa shape index (κ2) is 5.78. The smallest absolute Gasteiger partial charge is 0.0691 e. The molecule has 1 unspecified atom stereocenters. The van der Waals surface area contributed by atoms with Gasteiger partial charge in [0, 0.05) is 17.2 Å². The Morgan fingerprint density at radius 3 is 2.43 bits per heavy atom. The number of aliphatic imine (C=N–C) groups is 1. The van der Waals surface area contributed by atoms with Crippen LogP contribution in [0.1, 0.15) is 23.1 Å². The highest BCUT2D eigenvalue weighted by atomic mass is 16.5. The number of ether oxygens (including phenoxy) is 1. The Bertz CT molecular complexity index is 782. The molecule has 0 amide bonds. The first-order chi connectivity index (χ1) is 11.2.